The van der Waals surface area contributed by atoms with Crippen molar-refractivity contribution in [3.05, 3.63) is 40.0 Å². The Kier molecular flexibility index (Phi) is 3.04. The topological polar surface area (TPSA) is 0 Å². The van der Waals surface area contributed by atoms with E-state index in [0.717, 1.165) is 0 Å². The van der Waals surface area contributed by atoms with Crippen LogP contribution in [0.5, 0.6) is 0 Å². The Morgan fingerprint density at radius 1 is 1.12 bits per heavy atom. The number of fused-ring (bicyclic) bond motifs is 1. The van der Waals surface area contributed by atoms with Crippen LogP contribution in [0.15, 0.2) is 17.7 Å². The van der Waals surface area contributed by atoms with E-state index in [1.807, 2.05) is 0 Å². The maximum absolute atomic E-state index is 2.41. The first kappa shape index (κ1) is 12.3. The summed E-state index contributed by atoms with van der Waals surface area (Å²) in [4.78, 5) is 0. The molecule has 83 valence electrons. The van der Waals surface area contributed by atoms with Crippen molar-refractivity contribution >= 4 is 6.08 Å². The van der Waals surface area contributed by atoms with Crippen LogP contribution in [0.1, 0.15) is 53.6 Å². The van der Waals surface area contributed by atoms with E-state index >= 15 is 0 Å². The predicted octanol–water partition coefficient (Wildman–Crippen LogP) is 4.30. The van der Waals surface area contributed by atoms with Gasteiger partial charge in [0.05, 0.1) is 0 Å². The molecule has 0 nitrogen and oxygen atoms in total. The average molecular weight is 291 g/mol. The molecule has 1 aromatic rings. The van der Waals surface area contributed by atoms with Crippen molar-refractivity contribution in [1.29, 1.82) is 0 Å². The number of aryl methyl sites for hydroxylation is 1. The molecule has 0 aromatic heterocycles. The second-order valence-corrected chi connectivity index (χ2v) is 7.25. The SMILES string of the molecule is CC1=Cc2c(C(C)(C)C)ccc(C)c2[CH]1[Zr]. The van der Waals surface area contributed by atoms with E-state index in [1.54, 1.807) is 30.3 Å². The Morgan fingerprint density at radius 2 is 1.75 bits per heavy atom. The van der Waals surface area contributed by atoms with E-state index in [4.69, 9.17) is 0 Å². The fourth-order valence-corrected chi connectivity index (χ4v) is 3.62. The van der Waals surface area contributed by atoms with Crippen LogP contribution in [-0.4, -0.2) is 0 Å². The predicted molar refractivity (Wildman–Crippen MR) is 66.3 cm³/mol. The van der Waals surface area contributed by atoms with E-state index in [9.17, 15) is 0 Å². The molecule has 16 heavy (non-hydrogen) atoms. The van der Waals surface area contributed by atoms with Gasteiger partial charge in [-0.3, -0.25) is 0 Å². The molecule has 1 heteroatoms. The minimum absolute atomic E-state index is 0.245. The van der Waals surface area contributed by atoms with Crippen molar-refractivity contribution in [2.45, 2.75) is 43.7 Å². The fraction of sp³-hybridized carbons (Fsp3) is 0.467. The van der Waals surface area contributed by atoms with Gasteiger partial charge in [-0.2, -0.15) is 0 Å². The summed E-state index contributed by atoms with van der Waals surface area (Å²) in [5, 5.41) is 0. The van der Waals surface area contributed by atoms with Gasteiger partial charge >= 0.3 is 114 Å². The Morgan fingerprint density at radius 3 is 2.31 bits per heavy atom. The van der Waals surface area contributed by atoms with Crippen molar-refractivity contribution in [2.24, 2.45) is 0 Å². The molecule has 0 spiro atoms. The number of hydrogen-bond donors (Lipinski definition) is 0. The van der Waals surface area contributed by atoms with Crippen molar-refractivity contribution in [1.82, 2.24) is 0 Å². The third-order valence-electron chi connectivity index (χ3n) is 3.43. The standard InChI is InChI=1S/C15H19.Zr/c1-10-8-12-11(2)6-7-14(13(12)9-10)15(3,4)5;/h6-9H,1-5H3;. The van der Waals surface area contributed by atoms with Gasteiger partial charge in [0.1, 0.15) is 0 Å². The molecule has 0 bridgehead atoms. The molecule has 0 saturated carbocycles. The third-order valence-corrected chi connectivity index (χ3v) is 5.26. The van der Waals surface area contributed by atoms with Gasteiger partial charge in [-0.25, -0.2) is 0 Å². The molecular formula is C15H19Zr. The van der Waals surface area contributed by atoms with Gasteiger partial charge in [-0.05, 0) is 0 Å². The molecule has 0 amide bonds. The molecule has 1 aliphatic rings. The van der Waals surface area contributed by atoms with E-state index in [1.165, 1.54) is 22.3 Å². The van der Waals surface area contributed by atoms with Crippen molar-refractivity contribution in [3.63, 3.8) is 0 Å². The molecule has 2 rings (SSSR count). The number of hydrogen-bond acceptors (Lipinski definition) is 0. The van der Waals surface area contributed by atoms with E-state index in [0.29, 0.717) is 3.63 Å². The average Bonchev–Trinajstić information content (AvgIpc) is 2.42. The number of allylic oxidation sites excluding steroid dienone is 1. The van der Waals surface area contributed by atoms with E-state index in [-0.39, 0.29) is 5.41 Å². The molecule has 0 heterocycles. The Labute approximate surface area is 114 Å². The number of benzene rings is 1. The molecule has 0 fully saturated rings. The molecule has 0 saturated heterocycles. The van der Waals surface area contributed by atoms with Crippen LogP contribution in [-0.2, 0) is 30.1 Å². The Balaban J connectivity index is 2.71. The summed E-state index contributed by atoms with van der Waals surface area (Å²) in [6.45, 7) is 11.4. The summed E-state index contributed by atoms with van der Waals surface area (Å²) >= 11 is 1.61. The Hall–Kier alpha value is -0.157. The van der Waals surface area contributed by atoms with Crippen molar-refractivity contribution in [2.75, 3.05) is 0 Å². The van der Waals surface area contributed by atoms with Crippen LogP contribution in [0.25, 0.3) is 6.08 Å². The fourth-order valence-electron chi connectivity index (χ4n) is 2.48. The molecule has 1 aromatic carbocycles. The summed E-state index contributed by atoms with van der Waals surface area (Å²) in [5.41, 5.74) is 7.83. The molecule has 0 N–H and O–H groups in total. The summed E-state index contributed by atoms with van der Waals surface area (Å²) in [5.74, 6) is 0. The van der Waals surface area contributed by atoms with Gasteiger partial charge < -0.3 is 0 Å². The zero-order valence-corrected chi connectivity index (χ0v) is 13.3. The summed E-state index contributed by atoms with van der Waals surface area (Å²) < 4.78 is 0.685. The van der Waals surface area contributed by atoms with Crippen LogP contribution in [0.3, 0.4) is 0 Å². The number of rotatable bonds is 0. The normalized spacial score (nSPS) is 19.5. The zero-order valence-electron chi connectivity index (χ0n) is 10.8. The summed E-state index contributed by atoms with van der Waals surface area (Å²) in [6.07, 6.45) is 2.41. The van der Waals surface area contributed by atoms with Gasteiger partial charge in [0, 0.05) is 0 Å². The van der Waals surface area contributed by atoms with Gasteiger partial charge in [0.2, 0.25) is 0 Å². The zero-order chi connectivity index (χ0) is 12.1. The van der Waals surface area contributed by atoms with Crippen LogP contribution in [0.4, 0.5) is 0 Å². The first-order valence-electron chi connectivity index (χ1n) is 5.85. The van der Waals surface area contributed by atoms with Gasteiger partial charge in [-0.15, -0.1) is 0 Å². The van der Waals surface area contributed by atoms with Crippen LogP contribution in [0.2, 0.25) is 0 Å². The second-order valence-electron chi connectivity index (χ2n) is 5.83. The van der Waals surface area contributed by atoms with Crippen LogP contribution >= 0.6 is 0 Å². The Bertz CT molecular complexity index is 461. The van der Waals surface area contributed by atoms with Crippen molar-refractivity contribution in [3.8, 4) is 0 Å². The second kappa shape index (κ2) is 3.95. The van der Waals surface area contributed by atoms with Crippen molar-refractivity contribution < 1.29 is 24.7 Å². The quantitative estimate of drug-likeness (QED) is 0.668. The van der Waals surface area contributed by atoms with Gasteiger partial charge in [0.15, 0.2) is 0 Å². The van der Waals surface area contributed by atoms with Crippen LogP contribution in [0, 0.1) is 6.92 Å². The van der Waals surface area contributed by atoms with Gasteiger partial charge in [0.25, 0.3) is 0 Å². The summed E-state index contributed by atoms with van der Waals surface area (Å²) in [6, 6.07) is 4.61. The molecule has 0 aliphatic heterocycles. The molecular weight excluding hydrogens is 271 g/mol. The summed E-state index contributed by atoms with van der Waals surface area (Å²) in [7, 11) is 0. The molecule has 1 aliphatic carbocycles. The minimum atomic E-state index is 0.245. The first-order chi connectivity index (χ1) is 7.32. The van der Waals surface area contributed by atoms with E-state index < -0.39 is 0 Å². The third kappa shape index (κ3) is 1.88. The monoisotopic (exact) mass is 289 g/mol. The molecule has 1 atom stereocenters. The maximum atomic E-state index is 2.41. The van der Waals surface area contributed by atoms with Gasteiger partial charge in [-0.1, -0.05) is 0 Å². The van der Waals surface area contributed by atoms with Crippen LogP contribution < -0.4 is 0 Å². The first-order valence-corrected chi connectivity index (χ1v) is 7.27. The van der Waals surface area contributed by atoms with E-state index in [2.05, 4.69) is 52.8 Å². The molecule has 1 unspecified atom stereocenters. The molecule has 0 radical (unpaired) electrons.